The summed E-state index contributed by atoms with van der Waals surface area (Å²) in [6, 6.07) is 7.88. The Labute approximate surface area is 199 Å². The number of ether oxygens (including phenoxy) is 2. The van der Waals surface area contributed by atoms with Gasteiger partial charge in [-0.05, 0) is 57.5 Å². The molecule has 32 heavy (non-hydrogen) atoms. The van der Waals surface area contributed by atoms with E-state index in [1.807, 2.05) is 51.1 Å². The van der Waals surface area contributed by atoms with Gasteiger partial charge in [0.2, 0.25) is 0 Å². The number of aryl methyl sites for hydroxylation is 1. The van der Waals surface area contributed by atoms with Crippen LogP contribution in [0.4, 0.5) is 0 Å². The fraction of sp³-hybridized carbons (Fsp3) is 0.615. The first-order chi connectivity index (χ1) is 14.8. The Morgan fingerprint density at radius 1 is 1.09 bits per heavy atom. The lowest BCUT2D eigenvalue weighted by Crippen LogP contribution is -2.46. The summed E-state index contributed by atoms with van der Waals surface area (Å²) in [7, 11) is -2.78. The van der Waals surface area contributed by atoms with Crippen molar-refractivity contribution < 1.29 is 18.1 Å². The molecule has 1 aliphatic heterocycles. The van der Waals surface area contributed by atoms with Crippen LogP contribution in [-0.4, -0.2) is 42.9 Å². The van der Waals surface area contributed by atoms with Gasteiger partial charge in [-0.3, -0.25) is 4.21 Å². The van der Waals surface area contributed by atoms with Crippen LogP contribution in [0.3, 0.4) is 0 Å². The topological polar surface area (TPSA) is 44.8 Å². The van der Waals surface area contributed by atoms with E-state index in [1.165, 1.54) is 5.56 Å². The molecule has 0 aromatic heterocycles. The Hall–Kier alpha value is -1.05. The normalized spacial score (nSPS) is 23.1. The highest BCUT2D eigenvalue weighted by Gasteiger charge is 2.37. The molecule has 0 amide bonds. The van der Waals surface area contributed by atoms with E-state index < -0.39 is 24.9 Å². The number of hydrogen-bond donors (Lipinski definition) is 0. The van der Waals surface area contributed by atoms with Crippen LogP contribution in [-0.2, 0) is 24.7 Å². The highest BCUT2D eigenvalue weighted by molar-refractivity contribution is 7.85. The first-order valence-corrected chi connectivity index (χ1v) is 15.8. The summed E-state index contributed by atoms with van der Waals surface area (Å²) in [5, 5.41) is 0.226. The average Bonchev–Trinajstić information content (AvgIpc) is 2.65. The summed E-state index contributed by atoms with van der Waals surface area (Å²) in [5.74, 6) is -0.188. The molecule has 1 fully saturated rings. The molecule has 6 heteroatoms. The van der Waals surface area contributed by atoms with Crippen molar-refractivity contribution in [3.63, 3.8) is 0 Å². The fourth-order valence-corrected chi connectivity index (χ4v) is 5.46. The molecule has 0 spiro atoms. The van der Waals surface area contributed by atoms with Gasteiger partial charge in [0.1, 0.15) is 0 Å². The highest BCUT2D eigenvalue weighted by atomic mass is 32.2. The van der Waals surface area contributed by atoms with Crippen LogP contribution in [0, 0.1) is 6.92 Å². The molecule has 0 bridgehead atoms. The summed E-state index contributed by atoms with van der Waals surface area (Å²) in [6.07, 6.45) is 9.79. The minimum Gasteiger partial charge on any atom is -0.413 e. The van der Waals surface area contributed by atoms with Crippen molar-refractivity contribution >= 4 is 19.1 Å². The van der Waals surface area contributed by atoms with Crippen LogP contribution in [0.25, 0.3) is 0 Å². The molecule has 1 heterocycles. The Balaban J connectivity index is 1.83. The van der Waals surface area contributed by atoms with E-state index in [0.717, 1.165) is 17.7 Å². The molecule has 1 aromatic rings. The largest absolute Gasteiger partial charge is 0.413 e. The van der Waals surface area contributed by atoms with Gasteiger partial charge >= 0.3 is 0 Å². The summed E-state index contributed by atoms with van der Waals surface area (Å²) in [4.78, 5) is 0.852. The van der Waals surface area contributed by atoms with Gasteiger partial charge in [0.25, 0.3) is 0 Å². The zero-order valence-corrected chi connectivity index (χ0v) is 23.0. The van der Waals surface area contributed by atoms with Crippen molar-refractivity contribution in [3.05, 3.63) is 54.1 Å². The Morgan fingerprint density at radius 2 is 1.69 bits per heavy atom. The van der Waals surface area contributed by atoms with Gasteiger partial charge in [0.15, 0.2) is 14.1 Å². The molecule has 0 radical (unpaired) electrons. The maximum atomic E-state index is 12.8. The summed E-state index contributed by atoms with van der Waals surface area (Å²) >= 11 is 0. The molecule has 4 nitrogen and oxygen atoms in total. The van der Waals surface area contributed by atoms with Gasteiger partial charge in [0, 0.05) is 11.3 Å². The minimum atomic E-state index is -1.70. The van der Waals surface area contributed by atoms with E-state index in [9.17, 15) is 4.21 Å². The van der Waals surface area contributed by atoms with Gasteiger partial charge in [-0.25, -0.2) is 0 Å². The average molecular weight is 479 g/mol. The van der Waals surface area contributed by atoms with Crippen molar-refractivity contribution in [2.75, 3.05) is 12.4 Å². The number of allylic oxidation sites excluding steroid dienone is 2. The van der Waals surface area contributed by atoms with E-state index in [2.05, 4.69) is 52.1 Å². The molecule has 0 aliphatic carbocycles. The lowest BCUT2D eigenvalue weighted by atomic mass is 10.1. The molecule has 3 atom stereocenters. The smallest absolute Gasteiger partial charge is 0.192 e. The Kier molecular flexibility index (Phi) is 9.68. The predicted molar refractivity (Wildman–Crippen MR) is 137 cm³/mol. The van der Waals surface area contributed by atoms with Crippen LogP contribution in [0.1, 0.15) is 53.0 Å². The summed E-state index contributed by atoms with van der Waals surface area (Å²) in [6.45, 7) is 17.8. The second-order valence-corrected chi connectivity index (χ2v) is 16.9. The predicted octanol–water partition coefficient (Wildman–Crippen LogP) is 6.54. The number of benzene rings is 1. The van der Waals surface area contributed by atoms with Crippen LogP contribution in [0.2, 0.25) is 18.1 Å². The Bertz CT molecular complexity index is 806. The van der Waals surface area contributed by atoms with E-state index in [0.29, 0.717) is 12.4 Å². The second-order valence-electron chi connectivity index (χ2n) is 10.6. The van der Waals surface area contributed by atoms with Gasteiger partial charge in [-0.1, -0.05) is 62.8 Å². The van der Waals surface area contributed by atoms with E-state index in [1.54, 1.807) is 0 Å². The second kappa shape index (κ2) is 11.4. The van der Waals surface area contributed by atoms with Gasteiger partial charge in [-0.15, -0.1) is 0 Å². The van der Waals surface area contributed by atoms with Gasteiger partial charge in [0.05, 0.1) is 35.4 Å². The SMILES string of the molecule is Cc1ccc(S(=O)C[C@H]2C[C@H](C/C=C\C=C\CO[Si](C)(C)C(C)(C)C)OC(C)(C)O2)cc1. The highest BCUT2D eigenvalue weighted by Crippen LogP contribution is 2.36. The van der Waals surface area contributed by atoms with Gasteiger partial charge in [-0.2, -0.15) is 0 Å². The zero-order valence-electron chi connectivity index (χ0n) is 21.1. The molecule has 180 valence electrons. The number of hydrogen-bond acceptors (Lipinski definition) is 4. The molecule has 0 saturated carbocycles. The van der Waals surface area contributed by atoms with Crippen molar-refractivity contribution in [2.24, 2.45) is 0 Å². The third kappa shape index (κ3) is 8.71. The van der Waals surface area contributed by atoms with E-state index >= 15 is 0 Å². The van der Waals surface area contributed by atoms with Crippen LogP contribution < -0.4 is 0 Å². The molecule has 1 aromatic carbocycles. The zero-order chi connectivity index (χ0) is 24.0. The summed E-state index contributed by atoms with van der Waals surface area (Å²) < 4.78 is 31.1. The third-order valence-electron chi connectivity index (χ3n) is 6.18. The Morgan fingerprint density at radius 3 is 2.31 bits per heavy atom. The molecule has 0 N–H and O–H groups in total. The van der Waals surface area contributed by atoms with Crippen molar-refractivity contribution in [1.29, 1.82) is 0 Å². The van der Waals surface area contributed by atoms with Crippen molar-refractivity contribution in [3.8, 4) is 0 Å². The standard InChI is InChI=1S/C26H42O4SSi/c1-21-14-16-24(17-15-21)31(27)20-23-19-22(29-26(5,6)30-23)13-11-9-10-12-18-28-32(7,8)25(2,3)4/h9-12,14-17,22-23H,13,18-20H2,1-8H3/b11-9-,12-10+/t22-,23+,31?/m0/s1. The van der Waals surface area contributed by atoms with Crippen LogP contribution in [0.15, 0.2) is 53.5 Å². The molecule has 1 unspecified atom stereocenters. The van der Waals surface area contributed by atoms with Gasteiger partial charge < -0.3 is 13.9 Å². The van der Waals surface area contributed by atoms with E-state index in [-0.39, 0.29) is 17.2 Å². The summed E-state index contributed by atoms with van der Waals surface area (Å²) in [5.41, 5.74) is 1.17. The molecule has 2 rings (SSSR count). The van der Waals surface area contributed by atoms with Crippen LogP contribution >= 0.6 is 0 Å². The van der Waals surface area contributed by atoms with Crippen molar-refractivity contribution in [2.45, 2.75) is 95.4 Å². The third-order valence-corrected chi connectivity index (χ3v) is 12.1. The molecule has 1 aliphatic rings. The molecular formula is C26H42O4SSi. The van der Waals surface area contributed by atoms with Crippen molar-refractivity contribution in [1.82, 2.24) is 0 Å². The minimum absolute atomic E-state index is 0.0481. The first kappa shape index (κ1) is 27.2. The number of rotatable bonds is 9. The lowest BCUT2D eigenvalue weighted by molar-refractivity contribution is -0.294. The molecular weight excluding hydrogens is 436 g/mol. The lowest BCUT2D eigenvalue weighted by Gasteiger charge is -2.40. The van der Waals surface area contributed by atoms with Crippen LogP contribution in [0.5, 0.6) is 0 Å². The molecule has 1 saturated heterocycles. The fourth-order valence-electron chi connectivity index (χ4n) is 3.34. The first-order valence-electron chi connectivity index (χ1n) is 11.6. The monoisotopic (exact) mass is 478 g/mol. The maximum absolute atomic E-state index is 12.8. The van der Waals surface area contributed by atoms with E-state index in [4.69, 9.17) is 13.9 Å². The quantitative estimate of drug-likeness (QED) is 0.299. The maximum Gasteiger partial charge on any atom is 0.192 e.